The van der Waals surface area contributed by atoms with Crippen molar-refractivity contribution < 1.29 is 14.6 Å². The maximum Gasteiger partial charge on any atom is 0.333 e. The van der Waals surface area contributed by atoms with E-state index in [-0.39, 0.29) is 11.7 Å². The number of hydrogen-bond donors (Lipinski definition) is 1. The molecule has 0 aromatic heterocycles. The first-order chi connectivity index (χ1) is 7.13. The van der Waals surface area contributed by atoms with Gasteiger partial charge >= 0.3 is 5.97 Å². The molecule has 0 radical (unpaired) electrons. The number of aromatic hydroxyl groups is 1. The molecule has 15 heavy (non-hydrogen) atoms. The number of carbonyl (C=O) groups is 1. The molecule has 0 bridgehead atoms. The minimum atomic E-state index is -0.370. The van der Waals surface area contributed by atoms with Crippen LogP contribution in [-0.2, 0) is 16.0 Å². The number of rotatable bonds is 4. The second-order valence-corrected chi connectivity index (χ2v) is 3.17. The van der Waals surface area contributed by atoms with Crippen molar-refractivity contribution in [2.75, 3.05) is 6.61 Å². The molecule has 3 nitrogen and oxygen atoms in total. The van der Waals surface area contributed by atoms with E-state index in [1.54, 1.807) is 31.2 Å². The maximum atomic E-state index is 11.2. The van der Waals surface area contributed by atoms with Gasteiger partial charge in [0.15, 0.2) is 0 Å². The van der Waals surface area contributed by atoms with Gasteiger partial charge in [-0.1, -0.05) is 18.7 Å². The molecule has 0 saturated heterocycles. The summed E-state index contributed by atoms with van der Waals surface area (Å²) in [5, 5.41) is 9.07. The maximum absolute atomic E-state index is 11.2. The first-order valence-electron chi connectivity index (χ1n) is 4.76. The van der Waals surface area contributed by atoms with Crippen molar-refractivity contribution in [3.63, 3.8) is 0 Å². The van der Waals surface area contributed by atoms with Crippen LogP contribution in [0, 0.1) is 0 Å². The molecule has 1 rings (SSSR count). The van der Waals surface area contributed by atoms with Crippen LogP contribution in [0.4, 0.5) is 0 Å². The van der Waals surface area contributed by atoms with Crippen LogP contribution in [0.2, 0.25) is 0 Å². The Balaban J connectivity index is 2.58. The van der Waals surface area contributed by atoms with Crippen LogP contribution >= 0.6 is 0 Å². The SMILES string of the molecule is C=C(Cc1ccc(O)cc1)C(=O)OCC. The van der Waals surface area contributed by atoms with Crippen molar-refractivity contribution in [3.05, 3.63) is 42.0 Å². The predicted molar refractivity (Wildman–Crippen MR) is 57.6 cm³/mol. The predicted octanol–water partition coefficient (Wildman–Crippen LogP) is 2.05. The van der Waals surface area contributed by atoms with Gasteiger partial charge in [0.2, 0.25) is 0 Å². The number of benzene rings is 1. The van der Waals surface area contributed by atoms with E-state index in [9.17, 15) is 4.79 Å². The van der Waals surface area contributed by atoms with Crippen molar-refractivity contribution in [2.45, 2.75) is 13.3 Å². The summed E-state index contributed by atoms with van der Waals surface area (Å²) in [4.78, 5) is 11.2. The first-order valence-corrected chi connectivity index (χ1v) is 4.76. The zero-order valence-electron chi connectivity index (χ0n) is 8.69. The number of esters is 1. The van der Waals surface area contributed by atoms with Gasteiger partial charge < -0.3 is 9.84 Å². The molecule has 3 heteroatoms. The summed E-state index contributed by atoms with van der Waals surface area (Å²) in [7, 11) is 0. The van der Waals surface area contributed by atoms with Gasteiger partial charge in [-0.2, -0.15) is 0 Å². The van der Waals surface area contributed by atoms with Gasteiger partial charge in [0, 0.05) is 12.0 Å². The van der Waals surface area contributed by atoms with E-state index in [1.165, 1.54) is 0 Å². The molecule has 0 aliphatic rings. The smallest absolute Gasteiger partial charge is 0.333 e. The van der Waals surface area contributed by atoms with E-state index >= 15 is 0 Å². The minimum absolute atomic E-state index is 0.209. The normalized spacial score (nSPS) is 9.67. The molecule has 0 atom stereocenters. The summed E-state index contributed by atoms with van der Waals surface area (Å²) in [6, 6.07) is 6.65. The summed E-state index contributed by atoms with van der Waals surface area (Å²) in [6.07, 6.45) is 0.444. The van der Waals surface area contributed by atoms with Crippen molar-refractivity contribution >= 4 is 5.97 Å². The van der Waals surface area contributed by atoms with Crippen LogP contribution in [0.25, 0.3) is 0 Å². The average Bonchev–Trinajstić information content (AvgIpc) is 2.22. The Labute approximate surface area is 89.0 Å². The molecule has 1 N–H and O–H groups in total. The zero-order chi connectivity index (χ0) is 11.3. The Kier molecular flexibility index (Phi) is 3.92. The standard InChI is InChI=1S/C12H14O3/c1-3-15-12(14)9(2)8-10-4-6-11(13)7-5-10/h4-7,13H,2-3,8H2,1H3. The highest BCUT2D eigenvalue weighted by Crippen LogP contribution is 2.13. The summed E-state index contributed by atoms with van der Waals surface area (Å²) < 4.78 is 4.81. The van der Waals surface area contributed by atoms with E-state index in [1.807, 2.05) is 0 Å². The van der Waals surface area contributed by atoms with Gasteiger partial charge in [0.25, 0.3) is 0 Å². The van der Waals surface area contributed by atoms with Crippen LogP contribution < -0.4 is 0 Å². The lowest BCUT2D eigenvalue weighted by molar-refractivity contribution is -0.138. The molecule has 0 aliphatic heterocycles. The monoisotopic (exact) mass is 206 g/mol. The lowest BCUT2D eigenvalue weighted by Gasteiger charge is -2.05. The van der Waals surface area contributed by atoms with Gasteiger partial charge in [-0.25, -0.2) is 4.79 Å². The van der Waals surface area contributed by atoms with Gasteiger partial charge in [0.1, 0.15) is 5.75 Å². The zero-order valence-corrected chi connectivity index (χ0v) is 8.69. The van der Waals surface area contributed by atoms with Crippen molar-refractivity contribution in [3.8, 4) is 5.75 Å². The van der Waals surface area contributed by atoms with Crippen LogP contribution in [0.1, 0.15) is 12.5 Å². The summed E-state index contributed by atoms with van der Waals surface area (Å²) in [5.41, 5.74) is 1.34. The highest BCUT2D eigenvalue weighted by molar-refractivity contribution is 5.88. The van der Waals surface area contributed by atoms with Gasteiger partial charge in [-0.15, -0.1) is 0 Å². The van der Waals surface area contributed by atoms with Crippen LogP contribution in [0.3, 0.4) is 0 Å². The molecule has 0 aliphatic carbocycles. The average molecular weight is 206 g/mol. The topological polar surface area (TPSA) is 46.5 Å². The number of phenolic OH excluding ortho intramolecular Hbond substituents is 1. The first kappa shape index (κ1) is 11.3. The molecule has 0 spiro atoms. The molecule has 1 aromatic rings. The molecular formula is C12H14O3. The third-order valence-electron chi connectivity index (χ3n) is 1.92. The molecule has 0 heterocycles. The number of hydrogen-bond acceptors (Lipinski definition) is 3. The third-order valence-corrected chi connectivity index (χ3v) is 1.92. The summed E-state index contributed by atoms with van der Waals surface area (Å²) in [6.45, 7) is 5.76. The fourth-order valence-corrected chi connectivity index (χ4v) is 1.17. The molecular weight excluding hydrogens is 192 g/mol. The van der Waals surface area contributed by atoms with Crippen molar-refractivity contribution in [1.82, 2.24) is 0 Å². The molecule has 1 aromatic carbocycles. The van der Waals surface area contributed by atoms with E-state index in [4.69, 9.17) is 9.84 Å². The quantitative estimate of drug-likeness (QED) is 0.605. The Hall–Kier alpha value is -1.77. The van der Waals surface area contributed by atoms with Crippen LogP contribution in [-0.4, -0.2) is 17.7 Å². The van der Waals surface area contributed by atoms with E-state index in [2.05, 4.69) is 6.58 Å². The number of phenols is 1. The Morgan fingerprint density at radius 2 is 2.00 bits per heavy atom. The van der Waals surface area contributed by atoms with E-state index in [0.29, 0.717) is 18.6 Å². The largest absolute Gasteiger partial charge is 0.508 e. The molecule has 0 saturated carbocycles. The minimum Gasteiger partial charge on any atom is -0.508 e. The Morgan fingerprint density at radius 3 is 2.53 bits per heavy atom. The highest BCUT2D eigenvalue weighted by atomic mass is 16.5. The third kappa shape index (κ3) is 3.46. The second-order valence-electron chi connectivity index (χ2n) is 3.17. The Morgan fingerprint density at radius 1 is 1.40 bits per heavy atom. The number of carbonyl (C=O) groups excluding carboxylic acids is 1. The van der Waals surface area contributed by atoms with Gasteiger partial charge in [0.05, 0.1) is 6.61 Å². The summed E-state index contributed by atoms with van der Waals surface area (Å²) in [5.74, 6) is -0.161. The van der Waals surface area contributed by atoms with Crippen LogP contribution in [0.5, 0.6) is 5.75 Å². The van der Waals surface area contributed by atoms with E-state index in [0.717, 1.165) is 5.56 Å². The van der Waals surface area contributed by atoms with Gasteiger partial charge in [-0.3, -0.25) is 0 Å². The Bertz CT molecular complexity index is 352. The van der Waals surface area contributed by atoms with Crippen LogP contribution in [0.15, 0.2) is 36.4 Å². The fourth-order valence-electron chi connectivity index (χ4n) is 1.17. The van der Waals surface area contributed by atoms with Gasteiger partial charge in [-0.05, 0) is 24.6 Å². The summed E-state index contributed by atoms with van der Waals surface area (Å²) >= 11 is 0. The highest BCUT2D eigenvalue weighted by Gasteiger charge is 2.08. The van der Waals surface area contributed by atoms with Crippen molar-refractivity contribution in [1.29, 1.82) is 0 Å². The molecule has 0 unspecified atom stereocenters. The second kappa shape index (κ2) is 5.20. The van der Waals surface area contributed by atoms with Crippen molar-refractivity contribution in [2.24, 2.45) is 0 Å². The van der Waals surface area contributed by atoms with E-state index < -0.39 is 0 Å². The fraction of sp³-hybridized carbons (Fsp3) is 0.250. The molecule has 0 fully saturated rings. The lowest BCUT2D eigenvalue weighted by atomic mass is 10.1. The molecule has 80 valence electrons. The number of ether oxygens (including phenoxy) is 1. The molecule has 0 amide bonds. The lowest BCUT2D eigenvalue weighted by Crippen LogP contribution is -2.08.